The summed E-state index contributed by atoms with van der Waals surface area (Å²) in [5.41, 5.74) is 4.51. The lowest BCUT2D eigenvalue weighted by Crippen LogP contribution is -2.42. The molecule has 192 valence electrons. The number of anilines is 1. The number of hydrogen-bond donors (Lipinski definition) is 4. The largest absolute Gasteiger partial charge is 0.388 e. The summed E-state index contributed by atoms with van der Waals surface area (Å²) < 4.78 is 1.70. The zero-order valence-electron chi connectivity index (χ0n) is 20.4. The van der Waals surface area contributed by atoms with E-state index in [0.717, 1.165) is 12.0 Å². The first-order valence-corrected chi connectivity index (χ1v) is 12.8. The number of aliphatic hydroxyl groups excluding tert-OH is 2. The van der Waals surface area contributed by atoms with Gasteiger partial charge in [0.25, 0.3) is 0 Å². The van der Waals surface area contributed by atoms with E-state index in [1.807, 2.05) is 30.3 Å². The molecule has 4 aromatic rings. The standard InChI is InChI=1S/C27H29ClN6O3/c1-2-21(35)31-19-14-20(24(37)23(19)36)34-15-30-22-25(32-27(28)33-26(22)34)29-13-12-17-10-6-7-11-18(17)16-8-4-3-5-9-16/h3-11,15,19-20,23-24,36-37H,2,12-14H2,1H3,(H,31,35)(H,29,32,33)/t19-,20+,23+,24-/m0/s1. The highest BCUT2D eigenvalue weighted by Gasteiger charge is 2.43. The van der Waals surface area contributed by atoms with Gasteiger partial charge < -0.3 is 25.4 Å². The molecule has 0 spiro atoms. The second-order valence-corrected chi connectivity index (χ2v) is 9.52. The minimum atomic E-state index is -1.10. The lowest BCUT2D eigenvalue weighted by Gasteiger charge is -2.18. The van der Waals surface area contributed by atoms with Crippen molar-refractivity contribution < 1.29 is 15.0 Å². The number of aliphatic hydroxyl groups is 2. The number of aromatic nitrogens is 4. The maximum atomic E-state index is 11.9. The molecule has 1 saturated carbocycles. The SMILES string of the molecule is CCC(=O)N[C@H]1C[C@@H](n2cnc3c(NCCc4ccccc4-c4ccccc4)nc(Cl)nc32)[C@H](O)[C@@H]1O. The topological polar surface area (TPSA) is 125 Å². The van der Waals surface area contributed by atoms with Crippen molar-refractivity contribution in [1.82, 2.24) is 24.8 Å². The van der Waals surface area contributed by atoms with E-state index in [1.54, 1.807) is 17.8 Å². The van der Waals surface area contributed by atoms with Gasteiger partial charge >= 0.3 is 0 Å². The molecular weight excluding hydrogens is 492 g/mol. The van der Waals surface area contributed by atoms with E-state index < -0.39 is 24.3 Å². The van der Waals surface area contributed by atoms with Crippen LogP contribution in [0.4, 0.5) is 5.82 Å². The molecule has 0 bridgehead atoms. The number of carbonyl (C=O) groups is 1. The number of rotatable bonds is 8. The van der Waals surface area contributed by atoms with Gasteiger partial charge in [-0.05, 0) is 41.1 Å². The van der Waals surface area contributed by atoms with E-state index in [-0.39, 0.29) is 11.2 Å². The normalized spacial score (nSPS) is 21.3. The fourth-order valence-electron chi connectivity index (χ4n) is 4.95. The Balaban J connectivity index is 1.35. The molecule has 0 aliphatic heterocycles. The van der Waals surface area contributed by atoms with Crippen molar-refractivity contribution in [3.63, 3.8) is 0 Å². The highest BCUT2D eigenvalue weighted by Crippen LogP contribution is 2.34. The van der Waals surface area contributed by atoms with E-state index in [9.17, 15) is 15.0 Å². The predicted octanol–water partition coefficient (Wildman–Crippen LogP) is 3.36. The number of hydrogen-bond acceptors (Lipinski definition) is 7. The maximum absolute atomic E-state index is 11.9. The van der Waals surface area contributed by atoms with Crippen molar-refractivity contribution in [2.24, 2.45) is 0 Å². The Labute approximate surface area is 219 Å². The Bertz CT molecular complexity index is 1400. The summed E-state index contributed by atoms with van der Waals surface area (Å²) in [6.45, 7) is 2.33. The minimum absolute atomic E-state index is 0.0466. The molecule has 2 aromatic heterocycles. The van der Waals surface area contributed by atoms with Gasteiger partial charge in [0.05, 0.1) is 18.4 Å². The molecule has 0 saturated heterocycles. The van der Waals surface area contributed by atoms with Crippen molar-refractivity contribution in [2.75, 3.05) is 11.9 Å². The predicted molar refractivity (Wildman–Crippen MR) is 142 cm³/mol. The summed E-state index contributed by atoms with van der Waals surface area (Å²) >= 11 is 6.27. The van der Waals surface area contributed by atoms with Gasteiger partial charge in [0, 0.05) is 13.0 Å². The van der Waals surface area contributed by atoms with Crippen LogP contribution < -0.4 is 10.6 Å². The van der Waals surface area contributed by atoms with E-state index in [2.05, 4.69) is 49.9 Å². The third kappa shape index (κ3) is 5.16. The molecule has 0 radical (unpaired) electrons. The number of nitrogens with zero attached hydrogens (tertiary/aromatic N) is 4. The second kappa shape index (κ2) is 10.8. The van der Waals surface area contributed by atoms with Gasteiger partial charge in [-0.3, -0.25) is 4.79 Å². The quantitative estimate of drug-likeness (QED) is 0.262. The van der Waals surface area contributed by atoms with Crippen LogP contribution in [0.5, 0.6) is 0 Å². The summed E-state index contributed by atoms with van der Waals surface area (Å²) in [6, 6.07) is 17.4. The van der Waals surface area contributed by atoms with Gasteiger partial charge in [0.15, 0.2) is 17.0 Å². The van der Waals surface area contributed by atoms with Gasteiger partial charge in [-0.15, -0.1) is 0 Å². The van der Waals surface area contributed by atoms with Gasteiger partial charge in [-0.25, -0.2) is 4.98 Å². The minimum Gasteiger partial charge on any atom is -0.388 e. The fraction of sp³-hybridized carbons (Fsp3) is 0.333. The van der Waals surface area contributed by atoms with Crippen LogP contribution in [0.15, 0.2) is 60.9 Å². The molecule has 2 heterocycles. The molecule has 2 aromatic carbocycles. The van der Waals surface area contributed by atoms with E-state index in [0.29, 0.717) is 36.4 Å². The first kappa shape index (κ1) is 25.1. The molecule has 5 rings (SSSR count). The first-order valence-electron chi connectivity index (χ1n) is 12.4. The summed E-state index contributed by atoms with van der Waals surface area (Å²) in [6.07, 6.45) is 0.750. The Morgan fingerprint density at radius 2 is 1.84 bits per heavy atom. The molecule has 1 fully saturated rings. The second-order valence-electron chi connectivity index (χ2n) is 9.18. The monoisotopic (exact) mass is 520 g/mol. The van der Waals surface area contributed by atoms with Gasteiger partial charge in [-0.2, -0.15) is 9.97 Å². The number of imidazole rings is 1. The summed E-state index contributed by atoms with van der Waals surface area (Å²) in [7, 11) is 0. The van der Waals surface area contributed by atoms with Crippen LogP contribution in [0.2, 0.25) is 5.28 Å². The Kier molecular flexibility index (Phi) is 7.36. The Hall–Kier alpha value is -3.53. The third-order valence-electron chi connectivity index (χ3n) is 6.86. The van der Waals surface area contributed by atoms with Crippen LogP contribution >= 0.6 is 11.6 Å². The van der Waals surface area contributed by atoms with Crippen molar-refractivity contribution in [3.05, 3.63) is 71.8 Å². The Morgan fingerprint density at radius 1 is 1.08 bits per heavy atom. The molecule has 1 amide bonds. The van der Waals surface area contributed by atoms with E-state index in [4.69, 9.17) is 11.6 Å². The molecule has 4 atom stereocenters. The smallest absolute Gasteiger partial charge is 0.226 e. The fourth-order valence-corrected chi connectivity index (χ4v) is 5.11. The van der Waals surface area contributed by atoms with Crippen molar-refractivity contribution in [3.8, 4) is 11.1 Å². The Morgan fingerprint density at radius 3 is 2.62 bits per heavy atom. The van der Waals surface area contributed by atoms with Crippen LogP contribution in [-0.4, -0.2) is 60.4 Å². The zero-order valence-corrected chi connectivity index (χ0v) is 21.1. The number of carbonyl (C=O) groups excluding carboxylic acids is 1. The van der Waals surface area contributed by atoms with Crippen LogP contribution in [0.1, 0.15) is 31.4 Å². The summed E-state index contributed by atoms with van der Waals surface area (Å²) in [5.74, 6) is 0.313. The van der Waals surface area contributed by atoms with Crippen molar-refractivity contribution in [2.45, 2.75) is 50.5 Å². The number of nitrogens with one attached hydrogen (secondary N) is 2. The van der Waals surface area contributed by atoms with Crippen LogP contribution in [-0.2, 0) is 11.2 Å². The average Bonchev–Trinajstić information content (AvgIpc) is 3.45. The van der Waals surface area contributed by atoms with Gasteiger partial charge in [-0.1, -0.05) is 61.5 Å². The lowest BCUT2D eigenvalue weighted by molar-refractivity contribution is -0.122. The number of benzene rings is 2. The first-order chi connectivity index (χ1) is 18.0. The molecule has 1 aliphatic rings. The molecule has 9 nitrogen and oxygen atoms in total. The van der Waals surface area contributed by atoms with E-state index in [1.165, 1.54) is 11.1 Å². The lowest BCUT2D eigenvalue weighted by atomic mass is 9.98. The summed E-state index contributed by atoms with van der Waals surface area (Å²) in [5, 5.41) is 27.4. The van der Waals surface area contributed by atoms with Crippen LogP contribution in [0.3, 0.4) is 0 Å². The van der Waals surface area contributed by atoms with Crippen LogP contribution in [0, 0.1) is 0 Å². The number of halogens is 1. The van der Waals surface area contributed by atoms with Crippen molar-refractivity contribution >= 4 is 34.5 Å². The number of fused-ring (bicyclic) bond motifs is 1. The highest BCUT2D eigenvalue weighted by molar-refractivity contribution is 6.28. The average molecular weight is 521 g/mol. The molecule has 37 heavy (non-hydrogen) atoms. The zero-order chi connectivity index (χ0) is 25.9. The molecule has 4 N–H and O–H groups in total. The van der Waals surface area contributed by atoms with Gasteiger partial charge in [0.2, 0.25) is 11.2 Å². The number of amides is 1. The third-order valence-corrected chi connectivity index (χ3v) is 7.03. The van der Waals surface area contributed by atoms with Gasteiger partial charge in [0.1, 0.15) is 12.2 Å². The molecular formula is C27H29ClN6O3. The highest BCUT2D eigenvalue weighted by atomic mass is 35.5. The maximum Gasteiger partial charge on any atom is 0.226 e. The summed E-state index contributed by atoms with van der Waals surface area (Å²) in [4.78, 5) is 25.1. The van der Waals surface area contributed by atoms with E-state index >= 15 is 0 Å². The van der Waals surface area contributed by atoms with Crippen molar-refractivity contribution in [1.29, 1.82) is 0 Å². The molecule has 0 unspecified atom stereocenters. The molecule has 10 heteroatoms. The molecule has 1 aliphatic carbocycles. The van der Waals surface area contributed by atoms with Crippen LogP contribution in [0.25, 0.3) is 22.3 Å².